The van der Waals surface area contributed by atoms with Gasteiger partial charge >= 0.3 is 0 Å². The lowest BCUT2D eigenvalue weighted by molar-refractivity contribution is 0.759. The van der Waals surface area contributed by atoms with Gasteiger partial charge in [0, 0.05) is 22.4 Å². The van der Waals surface area contributed by atoms with Crippen LogP contribution in [0.3, 0.4) is 0 Å². The second kappa shape index (κ2) is 4.08. The van der Waals surface area contributed by atoms with Gasteiger partial charge in [0.2, 0.25) is 0 Å². The lowest BCUT2D eigenvalue weighted by atomic mass is 10.1. The van der Waals surface area contributed by atoms with Gasteiger partial charge in [0.05, 0.1) is 0 Å². The number of nitrogens with zero attached hydrogens (tertiary/aromatic N) is 1. The van der Waals surface area contributed by atoms with E-state index in [1.54, 1.807) is 0 Å². The Morgan fingerprint density at radius 1 is 1.06 bits per heavy atom. The van der Waals surface area contributed by atoms with Crippen molar-refractivity contribution >= 4 is 23.0 Å². The molecule has 0 fully saturated rings. The van der Waals surface area contributed by atoms with Crippen LogP contribution in [-0.2, 0) is 6.42 Å². The summed E-state index contributed by atoms with van der Waals surface area (Å²) >= 11 is 5.94. The fraction of sp³-hybridized carbons (Fsp3) is 0.200. The third-order valence-corrected chi connectivity index (χ3v) is 3.56. The highest BCUT2D eigenvalue weighted by Crippen LogP contribution is 2.38. The number of anilines is 2. The van der Waals surface area contributed by atoms with Gasteiger partial charge in [-0.2, -0.15) is 0 Å². The molecule has 0 saturated heterocycles. The van der Waals surface area contributed by atoms with E-state index in [0.29, 0.717) is 6.04 Å². The van der Waals surface area contributed by atoms with Gasteiger partial charge in [0.25, 0.3) is 0 Å². The lowest BCUT2D eigenvalue weighted by Crippen LogP contribution is -2.23. The highest BCUT2D eigenvalue weighted by molar-refractivity contribution is 6.30. The SMILES string of the molecule is CC1Cc2ccccc2N1c1ccc(Cl)cc1. The van der Waals surface area contributed by atoms with Crippen LogP contribution >= 0.6 is 11.6 Å². The zero-order chi connectivity index (χ0) is 11.8. The van der Waals surface area contributed by atoms with Crippen molar-refractivity contribution < 1.29 is 0 Å². The molecule has 2 heteroatoms. The fourth-order valence-electron chi connectivity index (χ4n) is 2.56. The molecule has 1 aliphatic rings. The molecular weight excluding hydrogens is 230 g/mol. The van der Waals surface area contributed by atoms with Gasteiger partial charge in [-0.05, 0) is 49.2 Å². The Bertz CT molecular complexity index is 533. The molecule has 3 rings (SSSR count). The first kappa shape index (κ1) is 10.7. The van der Waals surface area contributed by atoms with Crippen LogP contribution in [0.4, 0.5) is 11.4 Å². The maximum atomic E-state index is 5.94. The van der Waals surface area contributed by atoms with E-state index in [4.69, 9.17) is 11.6 Å². The van der Waals surface area contributed by atoms with Crippen molar-refractivity contribution in [2.24, 2.45) is 0 Å². The monoisotopic (exact) mass is 243 g/mol. The van der Waals surface area contributed by atoms with Crippen molar-refractivity contribution in [3.05, 3.63) is 59.1 Å². The number of benzene rings is 2. The summed E-state index contributed by atoms with van der Waals surface area (Å²) in [5, 5.41) is 0.786. The van der Waals surface area contributed by atoms with Crippen LogP contribution in [0.5, 0.6) is 0 Å². The molecule has 0 radical (unpaired) electrons. The maximum Gasteiger partial charge on any atom is 0.0446 e. The third-order valence-electron chi connectivity index (χ3n) is 3.31. The molecule has 1 atom stereocenters. The van der Waals surface area contributed by atoms with Gasteiger partial charge in [0.15, 0.2) is 0 Å². The van der Waals surface area contributed by atoms with Crippen molar-refractivity contribution in [3.63, 3.8) is 0 Å². The standard InChI is InChI=1S/C15H14ClN/c1-11-10-12-4-2-3-5-15(12)17(11)14-8-6-13(16)7-9-14/h2-9,11H,10H2,1H3. The molecule has 0 aromatic heterocycles. The first-order valence-electron chi connectivity index (χ1n) is 5.88. The number of fused-ring (bicyclic) bond motifs is 1. The Morgan fingerprint density at radius 2 is 1.76 bits per heavy atom. The third kappa shape index (κ3) is 1.81. The largest absolute Gasteiger partial charge is 0.338 e. The van der Waals surface area contributed by atoms with Crippen LogP contribution in [-0.4, -0.2) is 6.04 Å². The van der Waals surface area contributed by atoms with Gasteiger partial charge in [-0.15, -0.1) is 0 Å². The number of hydrogen-bond acceptors (Lipinski definition) is 1. The van der Waals surface area contributed by atoms with Crippen molar-refractivity contribution in [3.8, 4) is 0 Å². The predicted molar refractivity (Wildman–Crippen MR) is 73.2 cm³/mol. The molecule has 1 heterocycles. The lowest BCUT2D eigenvalue weighted by Gasteiger charge is -2.25. The number of rotatable bonds is 1. The summed E-state index contributed by atoms with van der Waals surface area (Å²) in [5.74, 6) is 0. The normalized spacial score (nSPS) is 18.2. The van der Waals surface area contributed by atoms with Crippen LogP contribution in [0.25, 0.3) is 0 Å². The molecule has 2 aromatic rings. The van der Waals surface area contributed by atoms with Crippen LogP contribution in [0.15, 0.2) is 48.5 Å². The summed E-state index contributed by atoms with van der Waals surface area (Å²) in [6, 6.07) is 17.2. The first-order valence-corrected chi connectivity index (χ1v) is 6.26. The minimum absolute atomic E-state index is 0.508. The summed E-state index contributed by atoms with van der Waals surface area (Å²) in [7, 11) is 0. The van der Waals surface area contributed by atoms with Gasteiger partial charge in [-0.25, -0.2) is 0 Å². The Kier molecular flexibility index (Phi) is 2.56. The van der Waals surface area contributed by atoms with Crippen LogP contribution < -0.4 is 4.90 Å². The second-order valence-electron chi connectivity index (χ2n) is 4.53. The van der Waals surface area contributed by atoms with Crippen molar-refractivity contribution in [1.82, 2.24) is 0 Å². The Labute approximate surface area is 107 Å². The van der Waals surface area contributed by atoms with Crippen LogP contribution in [0, 0.1) is 0 Å². The number of hydrogen-bond donors (Lipinski definition) is 0. The van der Waals surface area contributed by atoms with Gasteiger partial charge < -0.3 is 4.90 Å². The quantitative estimate of drug-likeness (QED) is 0.717. The molecule has 1 unspecified atom stereocenters. The summed E-state index contributed by atoms with van der Waals surface area (Å²) in [6.07, 6.45) is 1.11. The van der Waals surface area contributed by atoms with Gasteiger partial charge in [-0.1, -0.05) is 29.8 Å². The smallest absolute Gasteiger partial charge is 0.0446 e. The molecule has 17 heavy (non-hydrogen) atoms. The molecular formula is C15H14ClN. The minimum Gasteiger partial charge on any atom is -0.338 e. The molecule has 1 nitrogen and oxygen atoms in total. The average Bonchev–Trinajstić information content (AvgIpc) is 2.66. The highest BCUT2D eigenvalue weighted by atomic mass is 35.5. The zero-order valence-corrected chi connectivity index (χ0v) is 10.5. The average molecular weight is 244 g/mol. The zero-order valence-electron chi connectivity index (χ0n) is 9.73. The number of para-hydroxylation sites is 1. The summed E-state index contributed by atoms with van der Waals surface area (Å²) in [6.45, 7) is 2.26. The highest BCUT2D eigenvalue weighted by Gasteiger charge is 2.26. The minimum atomic E-state index is 0.508. The topological polar surface area (TPSA) is 3.24 Å². The number of halogens is 1. The molecule has 0 amide bonds. The molecule has 86 valence electrons. The van der Waals surface area contributed by atoms with E-state index in [9.17, 15) is 0 Å². The van der Waals surface area contributed by atoms with E-state index in [1.807, 2.05) is 12.1 Å². The van der Waals surface area contributed by atoms with Crippen LogP contribution in [0.1, 0.15) is 12.5 Å². The molecule has 0 N–H and O–H groups in total. The Morgan fingerprint density at radius 3 is 2.53 bits per heavy atom. The molecule has 2 aromatic carbocycles. The maximum absolute atomic E-state index is 5.94. The van der Waals surface area contributed by atoms with E-state index in [0.717, 1.165) is 11.4 Å². The van der Waals surface area contributed by atoms with Crippen molar-refractivity contribution in [2.45, 2.75) is 19.4 Å². The summed E-state index contributed by atoms with van der Waals surface area (Å²) in [5.41, 5.74) is 3.96. The first-order chi connectivity index (χ1) is 8.25. The summed E-state index contributed by atoms with van der Waals surface area (Å²) < 4.78 is 0. The summed E-state index contributed by atoms with van der Waals surface area (Å²) in [4.78, 5) is 2.38. The Hall–Kier alpha value is -1.47. The fourth-order valence-corrected chi connectivity index (χ4v) is 2.69. The molecule has 1 aliphatic heterocycles. The second-order valence-corrected chi connectivity index (χ2v) is 4.96. The van der Waals surface area contributed by atoms with E-state index in [-0.39, 0.29) is 0 Å². The van der Waals surface area contributed by atoms with Gasteiger partial charge in [-0.3, -0.25) is 0 Å². The van der Waals surface area contributed by atoms with E-state index < -0.39 is 0 Å². The molecule has 0 aliphatic carbocycles. The molecule has 0 saturated carbocycles. The van der Waals surface area contributed by atoms with Crippen molar-refractivity contribution in [2.75, 3.05) is 4.90 Å². The van der Waals surface area contributed by atoms with Crippen molar-refractivity contribution in [1.29, 1.82) is 0 Å². The van der Waals surface area contributed by atoms with E-state index >= 15 is 0 Å². The van der Waals surface area contributed by atoms with Crippen LogP contribution in [0.2, 0.25) is 5.02 Å². The van der Waals surface area contributed by atoms with Gasteiger partial charge in [0.1, 0.15) is 0 Å². The molecule has 0 bridgehead atoms. The van der Waals surface area contributed by atoms with E-state index in [1.165, 1.54) is 16.9 Å². The Balaban J connectivity index is 2.06. The van der Waals surface area contributed by atoms with E-state index in [2.05, 4.69) is 48.2 Å². The molecule has 0 spiro atoms. The predicted octanol–water partition coefficient (Wildman–Crippen LogP) is 4.42.